The minimum Gasteiger partial charge on any atom is -0.326 e. The van der Waals surface area contributed by atoms with Crippen LogP contribution in [0.25, 0.3) is 11.2 Å². The Morgan fingerprint density at radius 1 is 1.03 bits per heavy atom. The number of rotatable bonds is 5. The first-order valence-electron chi connectivity index (χ1n) is 11.0. The Balaban J connectivity index is 1.54. The quantitative estimate of drug-likeness (QED) is 0.627. The molecule has 7 nitrogen and oxygen atoms in total. The molecule has 31 heavy (non-hydrogen) atoms. The van der Waals surface area contributed by atoms with Crippen molar-refractivity contribution in [1.82, 2.24) is 14.5 Å². The van der Waals surface area contributed by atoms with Crippen LogP contribution in [0.1, 0.15) is 61.4 Å². The largest absolute Gasteiger partial charge is 0.326 e. The predicted octanol–water partition coefficient (Wildman–Crippen LogP) is 4.70. The molecule has 0 aliphatic carbocycles. The second-order valence-electron chi connectivity index (χ2n) is 8.65. The zero-order valence-electron chi connectivity index (χ0n) is 18.4. The smallest absolute Gasteiger partial charge is 0.258 e. The molecule has 1 aliphatic heterocycles. The SMILES string of the molecule is Cc1cc(C(=O)Nc2ccc(NC(=O)CC(C)C)cc2)c2nc3n(c2n1)CCCCC3. The predicted molar refractivity (Wildman–Crippen MR) is 122 cm³/mol. The van der Waals surface area contributed by atoms with E-state index in [1.54, 1.807) is 30.3 Å². The minimum absolute atomic E-state index is 0.0130. The fourth-order valence-electron chi connectivity index (χ4n) is 4.01. The molecule has 0 saturated carbocycles. The summed E-state index contributed by atoms with van der Waals surface area (Å²) in [5, 5.41) is 5.83. The van der Waals surface area contributed by atoms with Crippen LogP contribution >= 0.6 is 0 Å². The number of nitrogens with one attached hydrogen (secondary N) is 2. The molecular weight excluding hydrogens is 390 g/mol. The van der Waals surface area contributed by atoms with Gasteiger partial charge in [0.15, 0.2) is 5.65 Å². The maximum Gasteiger partial charge on any atom is 0.258 e. The molecule has 162 valence electrons. The molecule has 2 N–H and O–H groups in total. The van der Waals surface area contributed by atoms with Gasteiger partial charge in [-0.3, -0.25) is 9.59 Å². The summed E-state index contributed by atoms with van der Waals surface area (Å²) in [6.07, 6.45) is 4.81. The van der Waals surface area contributed by atoms with E-state index in [1.807, 2.05) is 20.8 Å². The molecule has 2 amide bonds. The van der Waals surface area contributed by atoms with Gasteiger partial charge in [0, 0.05) is 36.5 Å². The number of nitrogens with zero attached hydrogens (tertiary/aromatic N) is 3. The van der Waals surface area contributed by atoms with E-state index in [0.717, 1.165) is 43.0 Å². The first-order valence-corrected chi connectivity index (χ1v) is 11.0. The van der Waals surface area contributed by atoms with Crippen molar-refractivity contribution in [2.45, 2.75) is 59.4 Å². The number of aromatic nitrogens is 3. The Kier molecular flexibility index (Phi) is 6.02. The first kappa shape index (κ1) is 21.0. The number of imidazole rings is 1. The Hall–Kier alpha value is -3.22. The van der Waals surface area contributed by atoms with E-state index in [9.17, 15) is 9.59 Å². The van der Waals surface area contributed by atoms with Crippen molar-refractivity contribution in [3.05, 3.63) is 47.4 Å². The molecule has 0 radical (unpaired) electrons. The van der Waals surface area contributed by atoms with Crippen molar-refractivity contribution in [3.63, 3.8) is 0 Å². The van der Waals surface area contributed by atoms with Crippen LogP contribution < -0.4 is 10.6 Å². The van der Waals surface area contributed by atoms with Crippen molar-refractivity contribution in [1.29, 1.82) is 0 Å². The highest BCUT2D eigenvalue weighted by molar-refractivity contribution is 6.11. The Bertz CT molecular complexity index is 1120. The van der Waals surface area contributed by atoms with Gasteiger partial charge < -0.3 is 15.2 Å². The maximum atomic E-state index is 13.1. The van der Waals surface area contributed by atoms with Crippen LogP contribution in [0.2, 0.25) is 0 Å². The maximum absolute atomic E-state index is 13.1. The van der Waals surface area contributed by atoms with Gasteiger partial charge in [-0.2, -0.15) is 0 Å². The number of carbonyl (C=O) groups is 2. The van der Waals surface area contributed by atoms with Gasteiger partial charge in [-0.25, -0.2) is 9.97 Å². The third-order valence-electron chi connectivity index (χ3n) is 5.46. The van der Waals surface area contributed by atoms with Gasteiger partial charge in [-0.15, -0.1) is 0 Å². The average Bonchev–Trinajstić information content (AvgIpc) is 2.89. The number of amides is 2. The molecule has 2 aromatic heterocycles. The number of carbonyl (C=O) groups excluding carboxylic acids is 2. The molecule has 3 aromatic rings. The number of hydrogen-bond donors (Lipinski definition) is 2. The lowest BCUT2D eigenvalue weighted by Gasteiger charge is -2.10. The molecule has 1 aliphatic rings. The second-order valence-corrected chi connectivity index (χ2v) is 8.65. The van der Waals surface area contributed by atoms with E-state index in [4.69, 9.17) is 4.98 Å². The molecule has 1 aromatic carbocycles. The summed E-state index contributed by atoms with van der Waals surface area (Å²) in [4.78, 5) is 34.5. The normalized spacial score (nSPS) is 13.7. The summed E-state index contributed by atoms with van der Waals surface area (Å²) in [6.45, 7) is 6.82. The van der Waals surface area contributed by atoms with Crippen molar-refractivity contribution < 1.29 is 9.59 Å². The number of aryl methyl sites for hydroxylation is 3. The fraction of sp³-hybridized carbons (Fsp3) is 0.417. The molecule has 0 bridgehead atoms. The van der Waals surface area contributed by atoms with E-state index < -0.39 is 0 Å². The Morgan fingerprint density at radius 3 is 2.45 bits per heavy atom. The number of pyridine rings is 1. The fourth-order valence-corrected chi connectivity index (χ4v) is 4.01. The zero-order chi connectivity index (χ0) is 22.0. The van der Waals surface area contributed by atoms with Crippen molar-refractivity contribution in [2.75, 3.05) is 10.6 Å². The van der Waals surface area contributed by atoms with E-state index in [1.165, 1.54) is 6.42 Å². The van der Waals surface area contributed by atoms with E-state index in [-0.39, 0.29) is 11.8 Å². The Labute approximate surface area is 182 Å². The number of fused-ring (bicyclic) bond motifs is 3. The van der Waals surface area contributed by atoms with Gasteiger partial charge in [0.1, 0.15) is 11.3 Å². The number of hydrogen-bond acceptors (Lipinski definition) is 4. The molecule has 0 spiro atoms. The molecule has 3 heterocycles. The summed E-state index contributed by atoms with van der Waals surface area (Å²) in [5.41, 5.74) is 4.17. The van der Waals surface area contributed by atoms with Gasteiger partial charge in [0.2, 0.25) is 5.91 Å². The molecule has 4 rings (SSSR count). The standard InChI is InChI=1S/C24H29N5O2/c1-15(2)13-21(30)26-17-8-10-18(11-9-17)27-24(31)19-14-16(3)25-23-22(19)28-20-7-5-4-6-12-29(20)23/h8-11,14-15H,4-7,12-13H2,1-3H3,(H,26,30)(H,27,31). The van der Waals surface area contributed by atoms with Crippen molar-refractivity contribution in [2.24, 2.45) is 5.92 Å². The van der Waals surface area contributed by atoms with Crippen LogP contribution in [-0.4, -0.2) is 26.3 Å². The second kappa shape index (κ2) is 8.88. The van der Waals surface area contributed by atoms with E-state index in [0.29, 0.717) is 34.8 Å². The van der Waals surface area contributed by atoms with Gasteiger partial charge in [-0.05, 0) is 56.0 Å². The van der Waals surface area contributed by atoms with Crippen molar-refractivity contribution in [3.8, 4) is 0 Å². The van der Waals surface area contributed by atoms with Crippen molar-refractivity contribution >= 4 is 34.4 Å². The van der Waals surface area contributed by atoms with E-state index in [2.05, 4.69) is 20.2 Å². The van der Waals surface area contributed by atoms with Gasteiger partial charge >= 0.3 is 0 Å². The highest BCUT2D eigenvalue weighted by Crippen LogP contribution is 2.25. The third-order valence-corrected chi connectivity index (χ3v) is 5.46. The molecule has 0 atom stereocenters. The molecule has 0 fully saturated rings. The lowest BCUT2D eigenvalue weighted by molar-refractivity contribution is -0.116. The lowest BCUT2D eigenvalue weighted by atomic mass is 10.1. The van der Waals surface area contributed by atoms with E-state index >= 15 is 0 Å². The van der Waals surface area contributed by atoms with Gasteiger partial charge in [-0.1, -0.05) is 20.3 Å². The number of anilines is 2. The summed E-state index contributed by atoms with van der Waals surface area (Å²) < 4.78 is 2.17. The molecule has 7 heteroatoms. The molecule has 0 unspecified atom stereocenters. The van der Waals surface area contributed by atoms with Crippen LogP contribution in [0.5, 0.6) is 0 Å². The molecular formula is C24H29N5O2. The van der Waals surface area contributed by atoms with Crippen LogP contribution in [0.4, 0.5) is 11.4 Å². The monoisotopic (exact) mass is 419 g/mol. The number of benzene rings is 1. The van der Waals surface area contributed by atoms with Crippen LogP contribution in [-0.2, 0) is 17.8 Å². The minimum atomic E-state index is -0.208. The highest BCUT2D eigenvalue weighted by Gasteiger charge is 2.21. The summed E-state index contributed by atoms with van der Waals surface area (Å²) in [6, 6.07) is 8.96. The van der Waals surface area contributed by atoms with Gasteiger partial charge in [0.25, 0.3) is 5.91 Å². The first-order chi connectivity index (χ1) is 14.9. The lowest BCUT2D eigenvalue weighted by Crippen LogP contribution is -2.15. The summed E-state index contributed by atoms with van der Waals surface area (Å²) in [7, 11) is 0. The zero-order valence-corrected chi connectivity index (χ0v) is 18.4. The topological polar surface area (TPSA) is 88.9 Å². The van der Waals surface area contributed by atoms with Crippen LogP contribution in [0.15, 0.2) is 30.3 Å². The molecule has 0 saturated heterocycles. The Morgan fingerprint density at radius 2 is 1.74 bits per heavy atom. The van der Waals surface area contributed by atoms with Gasteiger partial charge in [0.05, 0.1) is 5.56 Å². The van der Waals surface area contributed by atoms with Crippen LogP contribution in [0.3, 0.4) is 0 Å². The third kappa shape index (κ3) is 4.76. The van der Waals surface area contributed by atoms with Crippen LogP contribution in [0, 0.1) is 12.8 Å². The highest BCUT2D eigenvalue weighted by atomic mass is 16.2. The average molecular weight is 420 g/mol. The summed E-state index contributed by atoms with van der Waals surface area (Å²) >= 11 is 0. The summed E-state index contributed by atoms with van der Waals surface area (Å²) in [5.74, 6) is 1.10.